The molecule has 2 fully saturated rings. The van der Waals surface area contributed by atoms with Gasteiger partial charge in [-0.3, -0.25) is 14.5 Å². The van der Waals surface area contributed by atoms with Crippen molar-refractivity contribution < 1.29 is 19.4 Å². The van der Waals surface area contributed by atoms with Gasteiger partial charge in [-0.1, -0.05) is 53.5 Å². The number of Topliss-reactive ketones (excluding diaryl/α,β-unsaturated/α-hetero) is 1. The zero-order valence-electron chi connectivity index (χ0n) is 20.3. The van der Waals surface area contributed by atoms with Gasteiger partial charge in [0.25, 0.3) is 11.7 Å². The summed E-state index contributed by atoms with van der Waals surface area (Å²) in [7, 11) is 1.43. The van der Waals surface area contributed by atoms with E-state index in [4.69, 9.17) is 27.9 Å². The molecule has 2 aliphatic heterocycles. The highest BCUT2D eigenvalue weighted by Gasteiger charge is 2.47. The van der Waals surface area contributed by atoms with Crippen molar-refractivity contribution in [3.8, 4) is 5.75 Å². The van der Waals surface area contributed by atoms with Crippen LogP contribution in [0.4, 0.5) is 11.4 Å². The summed E-state index contributed by atoms with van der Waals surface area (Å²) in [5.74, 6) is -1.60. The normalized spacial score (nSPS) is 19.4. The van der Waals surface area contributed by atoms with Crippen LogP contribution in [0, 0.1) is 0 Å². The van der Waals surface area contributed by atoms with E-state index in [1.807, 2.05) is 54.6 Å². The maximum atomic E-state index is 13.4. The van der Waals surface area contributed by atoms with Gasteiger partial charge in [-0.25, -0.2) is 0 Å². The Labute approximate surface area is 225 Å². The lowest BCUT2D eigenvalue weighted by molar-refractivity contribution is -0.132. The molecule has 0 radical (unpaired) electrons. The van der Waals surface area contributed by atoms with E-state index in [9.17, 15) is 14.7 Å². The molecule has 6 nitrogen and oxygen atoms in total. The maximum absolute atomic E-state index is 13.4. The summed E-state index contributed by atoms with van der Waals surface area (Å²) in [6.07, 6.45) is 3.55. The molecule has 1 N–H and O–H groups in total. The fourth-order valence-corrected chi connectivity index (χ4v) is 5.71. The SMILES string of the molecule is COc1c(Cl)cc(/C(O)=C2\C(=O)C(=O)N(c3ccc(N4CCCCC4)cc3)C2c2ccccc2)cc1Cl. The van der Waals surface area contributed by atoms with Crippen molar-refractivity contribution in [2.24, 2.45) is 0 Å². The Morgan fingerprint density at radius 3 is 2.08 bits per heavy atom. The molecule has 0 spiro atoms. The average Bonchev–Trinajstić information content (AvgIpc) is 3.19. The van der Waals surface area contributed by atoms with Crippen LogP contribution < -0.4 is 14.5 Å². The standard InChI is InChI=1S/C29H26Cl2N2O4/c1-37-28-22(30)16-19(17-23(28)31)26(34)24-25(18-8-4-2-5-9-18)33(29(36)27(24)35)21-12-10-20(11-13-21)32-14-6-3-7-15-32/h2,4-5,8-13,16-17,25,34H,3,6-7,14-15H2,1H3/b26-24+. The fourth-order valence-electron chi connectivity index (χ4n) is 5.07. The Kier molecular flexibility index (Phi) is 7.13. The van der Waals surface area contributed by atoms with Crippen molar-refractivity contribution in [1.82, 2.24) is 0 Å². The molecule has 190 valence electrons. The van der Waals surface area contributed by atoms with Gasteiger partial charge in [0.15, 0.2) is 5.75 Å². The predicted octanol–water partition coefficient (Wildman–Crippen LogP) is 6.62. The molecule has 8 heteroatoms. The summed E-state index contributed by atoms with van der Waals surface area (Å²) in [5.41, 5.74) is 2.53. The summed E-state index contributed by atoms with van der Waals surface area (Å²) in [6, 6.07) is 18.9. The van der Waals surface area contributed by atoms with Crippen molar-refractivity contribution in [2.45, 2.75) is 25.3 Å². The Morgan fingerprint density at radius 1 is 0.892 bits per heavy atom. The molecule has 3 aromatic rings. The number of rotatable bonds is 5. The number of methoxy groups -OCH3 is 1. The molecule has 0 saturated carbocycles. The van der Waals surface area contributed by atoms with Gasteiger partial charge in [0.2, 0.25) is 0 Å². The maximum Gasteiger partial charge on any atom is 0.300 e. The third kappa shape index (κ3) is 4.67. The highest BCUT2D eigenvalue weighted by molar-refractivity contribution is 6.51. The topological polar surface area (TPSA) is 70.1 Å². The van der Waals surface area contributed by atoms with E-state index < -0.39 is 17.7 Å². The lowest BCUT2D eigenvalue weighted by Crippen LogP contribution is -2.30. The zero-order chi connectivity index (χ0) is 26.1. The molecule has 3 aromatic carbocycles. The summed E-state index contributed by atoms with van der Waals surface area (Å²) in [5, 5.41) is 11.7. The minimum atomic E-state index is -0.832. The zero-order valence-corrected chi connectivity index (χ0v) is 21.8. The Bertz CT molecular complexity index is 1340. The number of carbonyl (C=O) groups is 2. The minimum Gasteiger partial charge on any atom is -0.507 e. The first-order valence-electron chi connectivity index (χ1n) is 12.1. The first-order chi connectivity index (χ1) is 17.9. The third-order valence-corrected chi connectivity index (χ3v) is 7.45. The molecule has 37 heavy (non-hydrogen) atoms. The Balaban J connectivity index is 1.61. The number of amides is 1. The minimum absolute atomic E-state index is 0.0337. The van der Waals surface area contributed by atoms with E-state index in [0.29, 0.717) is 11.3 Å². The third-order valence-electron chi connectivity index (χ3n) is 6.88. The van der Waals surface area contributed by atoms with Crippen LogP contribution in [0.3, 0.4) is 0 Å². The van der Waals surface area contributed by atoms with Crippen molar-refractivity contribution in [3.63, 3.8) is 0 Å². The fraction of sp³-hybridized carbons (Fsp3) is 0.241. The molecule has 0 bridgehead atoms. The lowest BCUT2D eigenvalue weighted by atomic mass is 9.95. The van der Waals surface area contributed by atoms with Crippen molar-refractivity contribution in [1.29, 1.82) is 0 Å². The van der Waals surface area contributed by atoms with E-state index in [0.717, 1.165) is 31.6 Å². The highest BCUT2D eigenvalue weighted by Crippen LogP contribution is 2.44. The molecule has 0 aliphatic carbocycles. The molecule has 1 amide bonds. The van der Waals surface area contributed by atoms with Gasteiger partial charge in [0.1, 0.15) is 5.76 Å². The molecule has 1 atom stereocenters. The van der Waals surface area contributed by atoms with Gasteiger partial charge >= 0.3 is 0 Å². The number of hydrogen-bond acceptors (Lipinski definition) is 5. The van der Waals surface area contributed by atoms with Crippen molar-refractivity contribution in [3.05, 3.63) is 93.5 Å². The van der Waals surface area contributed by atoms with Crippen LogP contribution in [-0.4, -0.2) is 37.0 Å². The second kappa shape index (κ2) is 10.5. The largest absolute Gasteiger partial charge is 0.507 e. The summed E-state index contributed by atoms with van der Waals surface area (Å²) < 4.78 is 5.20. The first kappa shape index (κ1) is 25.2. The van der Waals surface area contributed by atoms with Gasteiger partial charge in [0.05, 0.1) is 28.8 Å². The number of anilines is 2. The van der Waals surface area contributed by atoms with E-state index in [-0.39, 0.29) is 32.7 Å². The van der Waals surface area contributed by atoms with E-state index in [1.54, 1.807) is 0 Å². The quantitative estimate of drug-likeness (QED) is 0.225. The van der Waals surface area contributed by atoms with Gasteiger partial charge in [0, 0.05) is 30.0 Å². The second-order valence-corrected chi connectivity index (χ2v) is 9.93. The van der Waals surface area contributed by atoms with Gasteiger partial charge < -0.3 is 14.7 Å². The second-order valence-electron chi connectivity index (χ2n) is 9.12. The Morgan fingerprint density at radius 2 is 1.49 bits per heavy atom. The van der Waals surface area contributed by atoms with Crippen molar-refractivity contribution in [2.75, 3.05) is 30.0 Å². The number of ether oxygens (including phenoxy) is 1. The number of aliphatic hydroxyl groups excluding tert-OH is 1. The number of carbonyl (C=O) groups excluding carboxylic acids is 2. The molecule has 1 unspecified atom stereocenters. The van der Waals surface area contributed by atoms with Crippen molar-refractivity contribution >= 4 is 52.0 Å². The van der Waals surface area contributed by atoms with Crippen LogP contribution in [0.25, 0.3) is 5.76 Å². The number of hydrogen-bond donors (Lipinski definition) is 1. The average molecular weight is 537 g/mol. The van der Waals surface area contributed by atoms with Crippen LogP contribution in [0.5, 0.6) is 5.75 Å². The Hall–Kier alpha value is -3.48. The van der Waals surface area contributed by atoms with E-state index in [2.05, 4.69) is 4.90 Å². The number of piperidine rings is 1. The summed E-state index contributed by atoms with van der Waals surface area (Å²) in [6.45, 7) is 2.00. The van der Waals surface area contributed by atoms with Crippen LogP contribution in [-0.2, 0) is 9.59 Å². The van der Waals surface area contributed by atoms with E-state index in [1.165, 1.54) is 30.6 Å². The highest BCUT2D eigenvalue weighted by atomic mass is 35.5. The molecule has 2 aliphatic rings. The van der Waals surface area contributed by atoms with Gasteiger partial charge in [-0.2, -0.15) is 0 Å². The number of benzene rings is 3. The number of aliphatic hydroxyl groups is 1. The van der Waals surface area contributed by atoms with Crippen LogP contribution in [0.1, 0.15) is 36.4 Å². The van der Waals surface area contributed by atoms with Gasteiger partial charge in [-0.15, -0.1) is 0 Å². The smallest absolute Gasteiger partial charge is 0.300 e. The molecule has 2 heterocycles. The first-order valence-corrected chi connectivity index (χ1v) is 12.9. The van der Waals surface area contributed by atoms with Crippen LogP contribution in [0.2, 0.25) is 10.0 Å². The number of nitrogens with zero attached hydrogens (tertiary/aromatic N) is 2. The number of ketones is 1. The predicted molar refractivity (Wildman–Crippen MR) is 147 cm³/mol. The molecular weight excluding hydrogens is 511 g/mol. The van der Waals surface area contributed by atoms with Gasteiger partial charge in [-0.05, 0) is 61.2 Å². The monoisotopic (exact) mass is 536 g/mol. The molecule has 5 rings (SSSR count). The van der Waals surface area contributed by atoms with Crippen LogP contribution in [0.15, 0.2) is 72.3 Å². The lowest BCUT2D eigenvalue weighted by Gasteiger charge is -2.30. The van der Waals surface area contributed by atoms with E-state index >= 15 is 0 Å². The summed E-state index contributed by atoms with van der Waals surface area (Å²) in [4.78, 5) is 30.6. The summed E-state index contributed by atoms with van der Waals surface area (Å²) >= 11 is 12.6. The number of halogens is 2. The van der Waals surface area contributed by atoms with Crippen LogP contribution >= 0.6 is 23.2 Å². The molecule has 2 saturated heterocycles. The molecular formula is C29H26Cl2N2O4. The molecule has 0 aromatic heterocycles.